The molecule has 1 aliphatic rings. The zero-order valence-electron chi connectivity index (χ0n) is 10.2. The van der Waals surface area contributed by atoms with Crippen molar-refractivity contribution in [2.75, 3.05) is 19.8 Å². The Balaban J connectivity index is 2.38. The number of nitrogens with zero attached hydrogens (tertiary/aromatic N) is 1. The number of aromatic nitrogens is 2. The van der Waals surface area contributed by atoms with Gasteiger partial charge in [-0.1, -0.05) is 0 Å². The van der Waals surface area contributed by atoms with Gasteiger partial charge in [0.2, 0.25) is 0 Å². The fraction of sp³-hybridized carbons (Fsp3) is 0.667. The van der Waals surface area contributed by atoms with E-state index >= 15 is 0 Å². The molecule has 0 aliphatic carbocycles. The van der Waals surface area contributed by atoms with Crippen LogP contribution in [0.25, 0.3) is 0 Å². The number of aromatic amines is 1. The maximum Gasteiger partial charge on any atom is 0.254 e. The zero-order chi connectivity index (χ0) is 12.3. The fourth-order valence-corrected chi connectivity index (χ4v) is 2.33. The van der Waals surface area contributed by atoms with Crippen LogP contribution in [0.15, 0.2) is 4.79 Å². The van der Waals surface area contributed by atoms with Crippen LogP contribution in [0.2, 0.25) is 0 Å². The van der Waals surface area contributed by atoms with Crippen molar-refractivity contribution in [1.29, 1.82) is 0 Å². The molecule has 0 unspecified atom stereocenters. The minimum absolute atomic E-state index is 0.0376. The van der Waals surface area contributed by atoms with Crippen molar-refractivity contribution in [3.8, 4) is 0 Å². The molecule has 17 heavy (non-hydrogen) atoms. The predicted octanol–water partition coefficient (Wildman–Crippen LogP) is 0.474. The van der Waals surface area contributed by atoms with E-state index in [9.17, 15) is 4.79 Å². The van der Waals surface area contributed by atoms with Crippen molar-refractivity contribution < 1.29 is 4.74 Å². The van der Waals surface area contributed by atoms with Crippen molar-refractivity contribution in [3.63, 3.8) is 0 Å². The molecule has 1 aromatic heterocycles. The van der Waals surface area contributed by atoms with Gasteiger partial charge in [-0.15, -0.1) is 0 Å². The molecule has 1 fully saturated rings. The second-order valence-corrected chi connectivity index (χ2v) is 4.44. The van der Waals surface area contributed by atoms with E-state index in [2.05, 4.69) is 9.97 Å². The molecule has 1 saturated heterocycles. The van der Waals surface area contributed by atoms with Crippen LogP contribution >= 0.6 is 0 Å². The number of ether oxygens (including phenoxy) is 1. The summed E-state index contributed by atoms with van der Waals surface area (Å²) in [4.78, 5) is 19.2. The summed E-state index contributed by atoms with van der Waals surface area (Å²) in [5.74, 6) is 1.02. The maximum atomic E-state index is 11.9. The molecule has 0 spiro atoms. The highest BCUT2D eigenvalue weighted by Gasteiger charge is 2.22. The largest absolute Gasteiger partial charge is 0.381 e. The highest BCUT2D eigenvalue weighted by atomic mass is 16.5. The lowest BCUT2D eigenvalue weighted by Gasteiger charge is -2.23. The number of H-pyrrole nitrogens is 1. The SMILES string of the molecule is Cc1nc(C2CCOCC2)c(CCN)c(=O)[nH]1. The first-order valence-corrected chi connectivity index (χ1v) is 6.10. The number of hydrogen-bond donors (Lipinski definition) is 2. The minimum Gasteiger partial charge on any atom is -0.381 e. The smallest absolute Gasteiger partial charge is 0.254 e. The molecule has 0 aromatic carbocycles. The lowest BCUT2D eigenvalue weighted by molar-refractivity contribution is 0.0842. The Labute approximate surface area is 100 Å². The van der Waals surface area contributed by atoms with Crippen LogP contribution < -0.4 is 11.3 Å². The second-order valence-electron chi connectivity index (χ2n) is 4.44. The van der Waals surface area contributed by atoms with E-state index < -0.39 is 0 Å². The average molecular weight is 237 g/mol. The topological polar surface area (TPSA) is 81.0 Å². The van der Waals surface area contributed by atoms with E-state index in [4.69, 9.17) is 10.5 Å². The van der Waals surface area contributed by atoms with Gasteiger partial charge in [-0.3, -0.25) is 4.79 Å². The van der Waals surface area contributed by atoms with Gasteiger partial charge in [-0.05, 0) is 32.7 Å². The molecule has 1 aliphatic heterocycles. The summed E-state index contributed by atoms with van der Waals surface area (Å²) in [6, 6.07) is 0. The van der Waals surface area contributed by atoms with E-state index in [1.807, 2.05) is 6.92 Å². The molecule has 0 amide bonds. The highest BCUT2D eigenvalue weighted by Crippen LogP contribution is 2.26. The van der Waals surface area contributed by atoms with Crippen LogP contribution in [0.4, 0.5) is 0 Å². The lowest BCUT2D eigenvalue weighted by atomic mass is 9.92. The Kier molecular flexibility index (Phi) is 3.91. The zero-order valence-corrected chi connectivity index (χ0v) is 10.2. The number of hydrogen-bond acceptors (Lipinski definition) is 4. The molecule has 2 heterocycles. The summed E-state index contributed by atoms with van der Waals surface area (Å²) < 4.78 is 5.34. The van der Waals surface area contributed by atoms with E-state index in [-0.39, 0.29) is 5.56 Å². The van der Waals surface area contributed by atoms with Crippen molar-refractivity contribution in [2.45, 2.75) is 32.1 Å². The van der Waals surface area contributed by atoms with Crippen LogP contribution in [0.3, 0.4) is 0 Å². The second kappa shape index (κ2) is 5.42. The van der Waals surface area contributed by atoms with Crippen LogP contribution in [-0.4, -0.2) is 29.7 Å². The fourth-order valence-electron chi connectivity index (χ4n) is 2.33. The summed E-state index contributed by atoms with van der Waals surface area (Å²) in [6.07, 6.45) is 2.47. The minimum atomic E-state index is -0.0376. The first-order chi connectivity index (χ1) is 8.22. The number of aryl methyl sites for hydroxylation is 1. The molecule has 94 valence electrons. The van der Waals surface area contributed by atoms with Crippen LogP contribution in [-0.2, 0) is 11.2 Å². The number of rotatable bonds is 3. The molecular formula is C12H19N3O2. The summed E-state index contributed by atoms with van der Waals surface area (Å²) in [6.45, 7) is 3.79. The molecule has 1 aromatic rings. The Bertz CT molecular complexity index is 436. The van der Waals surface area contributed by atoms with E-state index in [1.165, 1.54) is 0 Å². The first kappa shape index (κ1) is 12.3. The van der Waals surface area contributed by atoms with Gasteiger partial charge in [-0.2, -0.15) is 0 Å². The third-order valence-corrected chi connectivity index (χ3v) is 3.17. The summed E-state index contributed by atoms with van der Waals surface area (Å²) in [5.41, 5.74) is 7.21. The molecular weight excluding hydrogens is 218 g/mol. The van der Waals surface area contributed by atoms with Crippen LogP contribution in [0, 0.1) is 6.92 Å². The Morgan fingerprint density at radius 3 is 2.82 bits per heavy atom. The molecule has 5 nitrogen and oxygen atoms in total. The molecule has 0 atom stereocenters. The standard InChI is InChI=1S/C12H19N3O2/c1-8-14-11(9-3-6-17-7-4-9)10(2-5-13)12(16)15-8/h9H,2-7,13H2,1H3,(H,14,15,16). The monoisotopic (exact) mass is 237 g/mol. The number of nitrogens with one attached hydrogen (secondary N) is 1. The Hall–Kier alpha value is -1.20. The van der Waals surface area contributed by atoms with Crippen LogP contribution in [0.5, 0.6) is 0 Å². The van der Waals surface area contributed by atoms with E-state index in [0.29, 0.717) is 24.7 Å². The Morgan fingerprint density at radius 2 is 2.18 bits per heavy atom. The number of nitrogens with two attached hydrogens (primary N) is 1. The molecule has 0 bridgehead atoms. The van der Waals surface area contributed by atoms with Crippen molar-refractivity contribution in [2.24, 2.45) is 5.73 Å². The van der Waals surface area contributed by atoms with Gasteiger partial charge in [0.1, 0.15) is 5.82 Å². The van der Waals surface area contributed by atoms with Crippen molar-refractivity contribution >= 4 is 0 Å². The van der Waals surface area contributed by atoms with Crippen molar-refractivity contribution in [1.82, 2.24) is 9.97 Å². The normalized spacial score (nSPS) is 17.3. The highest BCUT2D eigenvalue weighted by molar-refractivity contribution is 5.22. The molecule has 5 heteroatoms. The van der Waals surface area contributed by atoms with Gasteiger partial charge in [0.25, 0.3) is 5.56 Å². The van der Waals surface area contributed by atoms with Gasteiger partial charge in [0.15, 0.2) is 0 Å². The predicted molar refractivity (Wildman–Crippen MR) is 65.1 cm³/mol. The summed E-state index contributed by atoms with van der Waals surface area (Å²) >= 11 is 0. The molecule has 0 radical (unpaired) electrons. The molecule has 3 N–H and O–H groups in total. The van der Waals surface area contributed by atoms with Gasteiger partial charge in [0, 0.05) is 24.7 Å². The third kappa shape index (κ3) is 2.73. The molecule has 0 saturated carbocycles. The lowest BCUT2D eigenvalue weighted by Crippen LogP contribution is -2.25. The average Bonchev–Trinajstić information content (AvgIpc) is 2.33. The van der Waals surface area contributed by atoms with Gasteiger partial charge < -0.3 is 15.5 Å². The van der Waals surface area contributed by atoms with Gasteiger partial charge in [0.05, 0.1) is 5.69 Å². The van der Waals surface area contributed by atoms with E-state index in [1.54, 1.807) is 0 Å². The first-order valence-electron chi connectivity index (χ1n) is 6.10. The van der Waals surface area contributed by atoms with Crippen molar-refractivity contribution in [3.05, 3.63) is 27.4 Å². The van der Waals surface area contributed by atoms with Crippen LogP contribution in [0.1, 0.15) is 35.8 Å². The third-order valence-electron chi connectivity index (χ3n) is 3.17. The van der Waals surface area contributed by atoms with Gasteiger partial charge in [-0.25, -0.2) is 4.98 Å². The maximum absolute atomic E-state index is 11.9. The van der Waals surface area contributed by atoms with Gasteiger partial charge >= 0.3 is 0 Å². The molecule has 2 rings (SSSR count). The quantitative estimate of drug-likeness (QED) is 0.801. The Morgan fingerprint density at radius 1 is 1.47 bits per heavy atom. The van der Waals surface area contributed by atoms with E-state index in [0.717, 1.165) is 37.3 Å². The summed E-state index contributed by atoms with van der Waals surface area (Å²) in [7, 11) is 0. The summed E-state index contributed by atoms with van der Waals surface area (Å²) in [5, 5.41) is 0.